The number of nitrogens with zero attached hydrogens (tertiary/aromatic N) is 2. The van der Waals surface area contributed by atoms with Gasteiger partial charge in [-0.1, -0.05) is 5.16 Å². The van der Waals surface area contributed by atoms with Crippen LogP contribution in [0.4, 0.5) is 5.69 Å². The molecule has 0 saturated carbocycles. The van der Waals surface area contributed by atoms with E-state index in [1.807, 2.05) is 0 Å². The molecular formula is C10H8N2O4. The number of hydrogen-bond donors (Lipinski definition) is 0. The topological polar surface area (TPSA) is 82.3 Å². The minimum absolute atomic E-state index is 0.122. The second-order valence-corrected chi connectivity index (χ2v) is 3.08. The van der Waals surface area contributed by atoms with Gasteiger partial charge < -0.3 is 8.94 Å². The molecule has 82 valence electrons. The highest BCUT2D eigenvalue weighted by Gasteiger charge is 2.21. The molecule has 2 aromatic heterocycles. The van der Waals surface area contributed by atoms with Crippen molar-refractivity contribution in [3.63, 3.8) is 0 Å². The fourth-order valence-corrected chi connectivity index (χ4v) is 1.26. The molecule has 6 nitrogen and oxygen atoms in total. The number of hydrogen-bond acceptors (Lipinski definition) is 5. The van der Waals surface area contributed by atoms with Crippen molar-refractivity contribution >= 4 is 17.8 Å². The molecule has 0 aliphatic heterocycles. The van der Waals surface area contributed by atoms with Crippen molar-refractivity contribution in [2.75, 3.05) is 0 Å². The van der Waals surface area contributed by atoms with Crippen molar-refractivity contribution in [3.8, 4) is 0 Å². The van der Waals surface area contributed by atoms with E-state index >= 15 is 0 Å². The van der Waals surface area contributed by atoms with E-state index in [0.29, 0.717) is 5.76 Å². The van der Waals surface area contributed by atoms with Crippen molar-refractivity contribution in [1.29, 1.82) is 0 Å². The zero-order valence-corrected chi connectivity index (χ0v) is 8.41. The molecule has 0 radical (unpaired) electrons. The van der Waals surface area contributed by atoms with Crippen LogP contribution in [-0.2, 0) is 0 Å². The molecule has 0 aliphatic rings. The summed E-state index contributed by atoms with van der Waals surface area (Å²) in [6, 6.07) is 3.46. The maximum absolute atomic E-state index is 10.7. The summed E-state index contributed by atoms with van der Waals surface area (Å²) < 4.78 is 9.80. The fraction of sp³-hybridized carbons (Fsp3) is 0.100. The van der Waals surface area contributed by atoms with Gasteiger partial charge in [-0.15, -0.1) is 0 Å². The zero-order chi connectivity index (χ0) is 11.5. The summed E-state index contributed by atoms with van der Waals surface area (Å²) in [5.41, 5.74) is 0.0571. The average Bonchev–Trinajstić information content (AvgIpc) is 2.83. The van der Waals surface area contributed by atoms with Crippen molar-refractivity contribution in [1.82, 2.24) is 5.16 Å². The summed E-state index contributed by atoms with van der Waals surface area (Å²) in [5.74, 6) is 0.777. The third-order valence-corrected chi connectivity index (χ3v) is 1.99. The summed E-state index contributed by atoms with van der Waals surface area (Å²) in [6.07, 6.45) is 4.58. The molecule has 16 heavy (non-hydrogen) atoms. The van der Waals surface area contributed by atoms with Crippen LogP contribution in [0.25, 0.3) is 12.2 Å². The van der Waals surface area contributed by atoms with Crippen molar-refractivity contribution < 1.29 is 13.9 Å². The van der Waals surface area contributed by atoms with Crippen LogP contribution in [0.5, 0.6) is 0 Å². The van der Waals surface area contributed by atoms with Gasteiger partial charge >= 0.3 is 5.69 Å². The molecule has 0 amide bonds. The zero-order valence-electron chi connectivity index (χ0n) is 8.41. The molecule has 0 saturated heterocycles. The van der Waals surface area contributed by atoms with Crippen LogP contribution in [0.3, 0.4) is 0 Å². The highest BCUT2D eigenvalue weighted by Crippen LogP contribution is 2.24. The first kappa shape index (κ1) is 10.2. The van der Waals surface area contributed by atoms with Crippen LogP contribution in [0, 0.1) is 17.0 Å². The minimum atomic E-state index is -0.520. The number of aromatic nitrogens is 1. The molecule has 2 rings (SSSR count). The number of nitro groups is 1. The van der Waals surface area contributed by atoms with Gasteiger partial charge in [0.05, 0.1) is 11.2 Å². The Balaban J connectivity index is 2.32. The Hall–Kier alpha value is -2.37. The summed E-state index contributed by atoms with van der Waals surface area (Å²) >= 11 is 0. The van der Waals surface area contributed by atoms with Gasteiger partial charge in [0, 0.05) is 6.92 Å². The highest BCUT2D eigenvalue weighted by molar-refractivity contribution is 5.70. The van der Waals surface area contributed by atoms with Crippen LogP contribution in [0.2, 0.25) is 0 Å². The third-order valence-electron chi connectivity index (χ3n) is 1.99. The monoisotopic (exact) mass is 220 g/mol. The van der Waals surface area contributed by atoms with E-state index in [0.717, 1.165) is 0 Å². The Morgan fingerprint density at radius 2 is 2.31 bits per heavy atom. The van der Waals surface area contributed by atoms with Gasteiger partial charge in [0.25, 0.3) is 0 Å². The van der Waals surface area contributed by atoms with Gasteiger partial charge in [-0.3, -0.25) is 10.1 Å². The molecule has 0 unspecified atom stereocenters. The third kappa shape index (κ3) is 1.85. The van der Waals surface area contributed by atoms with Crippen molar-refractivity contribution in [2.24, 2.45) is 0 Å². The Morgan fingerprint density at radius 3 is 2.94 bits per heavy atom. The van der Waals surface area contributed by atoms with Crippen molar-refractivity contribution in [3.05, 3.63) is 45.7 Å². The first-order chi connectivity index (χ1) is 7.68. The second kappa shape index (κ2) is 4.01. The maximum Gasteiger partial charge on any atom is 0.338 e. The van der Waals surface area contributed by atoms with Gasteiger partial charge in [0.2, 0.25) is 5.76 Å². The molecule has 0 aliphatic carbocycles. The SMILES string of the molecule is Cc1onc(/C=C/c2ccco2)c1[N+](=O)[O-]. The van der Waals surface area contributed by atoms with E-state index in [4.69, 9.17) is 8.94 Å². The van der Waals surface area contributed by atoms with E-state index in [1.54, 1.807) is 18.2 Å². The average molecular weight is 220 g/mol. The molecule has 0 spiro atoms. The Labute approximate surface area is 90.3 Å². The predicted octanol–water partition coefficient (Wildman–Crippen LogP) is 2.65. The van der Waals surface area contributed by atoms with E-state index in [2.05, 4.69) is 5.16 Å². The van der Waals surface area contributed by atoms with Crippen LogP contribution >= 0.6 is 0 Å². The molecule has 0 N–H and O–H groups in total. The fourth-order valence-electron chi connectivity index (χ4n) is 1.26. The molecule has 0 atom stereocenters. The lowest BCUT2D eigenvalue weighted by molar-refractivity contribution is -0.386. The Bertz CT molecular complexity index is 525. The second-order valence-electron chi connectivity index (χ2n) is 3.08. The van der Waals surface area contributed by atoms with Gasteiger partial charge in [0.15, 0.2) is 5.69 Å². The molecule has 2 heterocycles. The van der Waals surface area contributed by atoms with Crippen molar-refractivity contribution in [2.45, 2.75) is 6.92 Å². The van der Waals surface area contributed by atoms with Gasteiger partial charge in [-0.2, -0.15) is 0 Å². The normalized spacial score (nSPS) is 11.1. The Kier molecular flexibility index (Phi) is 2.55. The van der Waals surface area contributed by atoms with Gasteiger partial charge in [-0.25, -0.2) is 0 Å². The molecular weight excluding hydrogens is 212 g/mol. The van der Waals surface area contributed by atoms with Crippen LogP contribution in [0.1, 0.15) is 17.2 Å². The van der Waals surface area contributed by atoms with E-state index in [-0.39, 0.29) is 17.1 Å². The van der Waals surface area contributed by atoms with Crippen LogP contribution in [-0.4, -0.2) is 10.1 Å². The summed E-state index contributed by atoms with van der Waals surface area (Å²) in [7, 11) is 0. The van der Waals surface area contributed by atoms with Crippen LogP contribution < -0.4 is 0 Å². The largest absolute Gasteiger partial charge is 0.465 e. The molecule has 0 fully saturated rings. The summed E-state index contributed by atoms with van der Waals surface area (Å²) in [6.45, 7) is 1.50. The van der Waals surface area contributed by atoms with Crippen LogP contribution in [0.15, 0.2) is 27.3 Å². The molecule has 0 bridgehead atoms. The highest BCUT2D eigenvalue weighted by atomic mass is 16.6. The number of furan rings is 1. The van der Waals surface area contributed by atoms with E-state index in [1.165, 1.54) is 19.3 Å². The van der Waals surface area contributed by atoms with Gasteiger partial charge in [-0.05, 0) is 24.3 Å². The maximum atomic E-state index is 10.7. The molecule has 0 aromatic carbocycles. The van der Waals surface area contributed by atoms with Gasteiger partial charge in [0.1, 0.15) is 5.76 Å². The smallest absolute Gasteiger partial charge is 0.338 e. The summed E-state index contributed by atoms with van der Waals surface area (Å²) in [4.78, 5) is 10.2. The number of rotatable bonds is 3. The lowest BCUT2D eigenvalue weighted by atomic mass is 10.3. The standard InChI is InChI=1S/C10H8N2O4/c1-7-10(12(13)14)9(11-16-7)5-4-8-3-2-6-15-8/h2-6H,1H3/b5-4+. The Morgan fingerprint density at radius 1 is 1.50 bits per heavy atom. The van der Waals surface area contributed by atoms with E-state index in [9.17, 15) is 10.1 Å². The lowest BCUT2D eigenvalue weighted by Gasteiger charge is -1.86. The summed E-state index contributed by atoms with van der Waals surface area (Å²) in [5, 5.41) is 14.3. The van der Waals surface area contributed by atoms with E-state index < -0.39 is 4.92 Å². The first-order valence-electron chi connectivity index (χ1n) is 4.50. The lowest BCUT2D eigenvalue weighted by Crippen LogP contribution is -1.90. The minimum Gasteiger partial charge on any atom is -0.465 e. The number of aryl methyl sites for hydroxylation is 1. The molecule has 6 heteroatoms. The predicted molar refractivity (Wildman–Crippen MR) is 55.5 cm³/mol. The quantitative estimate of drug-likeness (QED) is 0.586. The molecule has 2 aromatic rings. The first-order valence-corrected chi connectivity index (χ1v) is 4.50.